The van der Waals surface area contributed by atoms with E-state index in [-0.39, 0.29) is 47.0 Å². The van der Waals surface area contributed by atoms with E-state index >= 15 is 0 Å². The Kier molecular flexibility index (Phi) is 7.25. The lowest BCUT2D eigenvalue weighted by Gasteiger charge is -2.17. The van der Waals surface area contributed by atoms with E-state index in [1.807, 2.05) is 102 Å². The molecular weight excluding hydrogens is 773 g/mol. The van der Waals surface area contributed by atoms with Crippen molar-refractivity contribution in [3.05, 3.63) is 218 Å². The number of hydrogen-bond acceptors (Lipinski definition) is 4. The molecule has 3 heterocycles. The molecule has 0 atom stereocenters. The zero-order valence-corrected chi connectivity index (χ0v) is 33.8. The fourth-order valence-electron chi connectivity index (χ4n) is 8.47. The molecule has 0 spiro atoms. The van der Waals surface area contributed by atoms with E-state index < -0.39 is 0 Å². The van der Waals surface area contributed by atoms with Crippen molar-refractivity contribution in [1.82, 2.24) is 19.5 Å². The SMILES string of the molecule is [2H]c1cc([2H])c2c(c1[2H])c1c([2H])c([2H])cc([2H])c1n2-c1ccc(-c2cccc(-c3ccc(-c4nc(-c5ccccc5)nc(-c5ccccc5)n4)cc3)c2)cc1-c1cccc2c1sc1ccccc12. The molecule has 0 aliphatic rings. The molecule has 4 nitrogen and oxygen atoms in total. The van der Waals surface area contributed by atoms with Crippen molar-refractivity contribution in [2.24, 2.45) is 0 Å². The molecule has 9 aromatic carbocycles. The Balaban J connectivity index is 1.01. The van der Waals surface area contributed by atoms with Crippen LogP contribution >= 0.6 is 11.3 Å². The summed E-state index contributed by atoms with van der Waals surface area (Å²) in [6.07, 6.45) is 0. The monoisotopic (exact) mass is 814 g/mol. The fraction of sp³-hybridized carbons (Fsp3) is 0. The van der Waals surface area contributed by atoms with Gasteiger partial charge in [-0.25, -0.2) is 15.0 Å². The quantitative estimate of drug-likeness (QED) is 0.161. The Morgan fingerprint density at radius 3 is 1.53 bits per heavy atom. The van der Waals surface area contributed by atoms with Crippen LogP contribution in [-0.2, 0) is 0 Å². The van der Waals surface area contributed by atoms with Crippen molar-refractivity contribution in [2.75, 3.05) is 0 Å². The van der Waals surface area contributed by atoms with E-state index in [1.54, 1.807) is 11.3 Å². The van der Waals surface area contributed by atoms with Crippen LogP contribution in [0, 0.1) is 0 Å². The molecule has 0 bridgehead atoms. The highest BCUT2D eigenvalue weighted by atomic mass is 32.1. The van der Waals surface area contributed by atoms with Gasteiger partial charge in [-0.05, 0) is 58.6 Å². The Morgan fingerprint density at radius 1 is 0.371 bits per heavy atom. The molecule has 12 aromatic rings. The van der Waals surface area contributed by atoms with E-state index in [1.165, 1.54) is 12.1 Å². The molecule has 0 N–H and O–H groups in total. The molecule has 5 heteroatoms. The minimum Gasteiger partial charge on any atom is -0.309 e. The van der Waals surface area contributed by atoms with Gasteiger partial charge in [0.25, 0.3) is 0 Å². The lowest BCUT2D eigenvalue weighted by Crippen LogP contribution is -2.00. The van der Waals surface area contributed by atoms with Gasteiger partial charge in [-0.15, -0.1) is 11.3 Å². The predicted molar refractivity (Wildman–Crippen MR) is 260 cm³/mol. The van der Waals surface area contributed by atoms with Crippen molar-refractivity contribution in [3.8, 4) is 73.2 Å². The van der Waals surface area contributed by atoms with Crippen LogP contribution in [0.4, 0.5) is 0 Å². The van der Waals surface area contributed by atoms with Gasteiger partial charge in [-0.1, -0.05) is 182 Å². The second kappa shape index (κ2) is 14.9. The van der Waals surface area contributed by atoms with Crippen molar-refractivity contribution in [2.45, 2.75) is 0 Å². The largest absolute Gasteiger partial charge is 0.309 e. The summed E-state index contributed by atoms with van der Waals surface area (Å²) in [6.45, 7) is 0. The average Bonchev–Trinajstić information content (AvgIpc) is 3.96. The Bertz CT molecular complexity index is 3850. The minimum atomic E-state index is -0.150. The Morgan fingerprint density at radius 2 is 0.871 bits per heavy atom. The highest BCUT2D eigenvalue weighted by Gasteiger charge is 2.20. The van der Waals surface area contributed by atoms with Crippen LogP contribution in [0.25, 0.3) is 115 Å². The van der Waals surface area contributed by atoms with Crippen LogP contribution in [0.15, 0.2) is 218 Å². The van der Waals surface area contributed by atoms with Gasteiger partial charge in [-0.2, -0.15) is 0 Å². The van der Waals surface area contributed by atoms with Gasteiger partial charge in [0.2, 0.25) is 0 Å². The van der Waals surface area contributed by atoms with Crippen LogP contribution < -0.4 is 0 Å². The number of para-hydroxylation sites is 2. The first-order valence-electron chi connectivity index (χ1n) is 23.3. The summed E-state index contributed by atoms with van der Waals surface area (Å²) in [5, 5.41) is 2.71. The first kappa shape index (κ1) is 30.1. The van der Waals surface area contributed by atoms with Crippen molar-refractivity contribution in [3.63, 3.8) is 0 Å². The lowest BCUT2D eigenvalue weighted by atomic mass is 9.94. The van der Waals surface area contributed by atoms with E-state index in [0.717, 1.165) is 70.2 Å². The van der Waals surface area contributed by atoms with Crippen molar-refractivity contribution < 1.29 is 8.22 Å². The zero-order chi connectivity index (χ0) is 46.2. The van der Waals surface area contributed by atoms with Gasteiger partial charge in [-0.3, -0.25) is 0 Å². The van der Waals surface area contributed by atoms with E-state index in [9.17, 15) is 2.74 Å². The molecule has 0 aliphatic heterocycles. The molecule has 0 saturated heterocycles. The van der Waals surface area contributed by atoms with Gasteiger partial charge in [0.05, 0.1) is 24.9 Å². The van der Waals surface area contributed by atoms with E-state index in [0.29, 0.717) is 34.2 Å². The average molecular weight is 815 g/mol. The maximum atomic E-state index is 9.23. The van der Waals surface area contributed by atoms with Gasteiger partial charge in [0, 0.05) is 58.8 Å². The summed E-state index contributed by atoms with van der Waals surface area (Å²) in [5.74, 6) is 1.78. The molecular formula is C57H36N4S. The molecule has 3 aromatic heterocycles. The smallest absolute Gasteiger partial charge is 0.164 e. The van der Waals surface area contributed by atoms with Crippen molar-refractivity contribution >= 4 is 53.3 Å². The third-order valence-corrected chi connectivity index (χ3v) is 12.7. The number of hydrogen-bond donors (Lipinski definition) is 0. The summed E-state index contributed by atoms with van der Waals surface area (Å²) in [6, 6.07) is 59.5. The fourth-order valence-corrected chi connectivity index (χ4v) is 9.70. The highest BCUT2D eigenvalue weighted by Crippen LogP contribution is 2.44. The second-order valence-electron chi connectivity index (χ2n) is 15.1. The second-order valence-corrected chi connectivity index (χ2v) is 16.2. The number of benzene rings is 9. The first-order chi connectivity index (χ1) is 33.2. The number of thiophene rings is 1. The molecule has 290 valence electrons. The summed E-state index contributed by atoms with van der Waals surface area (Å²) in [4.78, 5) is 14.7. The lowest BCUT2D eigenvalue weighted by molar-refractivity contribution is 1.07. The predicted octanol–water partition coefficient (Wildman–Crippen LogP) is 15.3. The first-order valence-corrected chi connectivity index (χ1v) is 21.2. The van der Waals surface area contributed by atoms with E-state index in [4.69, 9.17) is 20.4 Å². The number of rotatable bonds is 7. The van der Waals surface area contributed by atoms with Crippen LogP contribution in [0.5, 0.6) is 0 Å². The molecule has 0 radical (unpaired) electrons. The number of aromatic nitrogens is 4. The zero-order valence-electron chi connectivity index (χ0n) is 39.0. The molecule has 0 amide bonds. The van der Waals surface area contributed by atoms with Crippen LogP contribution in [0.1, 0.15) is 8.22 Å². The molecule has 0 unspecified atom stereocenters. The normalized spacial score (nSPS) is 12.9. The summed E-state index contributed by atoms with van der Waals surface area (Å²) in [5.41, 5.74) is 9.71. The maximum Gasteiger partial charge on any atom is 0.164 e. The van der Waals surface area contributed by atoms with Gasteiger partial charge >= 0.3 is 0 Å². The van der Waals surface area contributed by atoms with Gasteiger partial charge < -0.3 is 4.57 Å². The third kappa shape index (κ3) is 6.18. The molecule has 0 saturated carbocycles. The van der Waals surface area contributed by atoms with Gasteiger partial charge in [0.15, 0.2) is 17.5 Å². The molecule has 62 heavy (non-hydrogen) atoms. The van der Waals surface area contributed by atoms with Crippen LogP contribution in [0.2, 0.25) is 0 Å². The van der Waals surface area contributed by atoms with E-state index in [2.05, 4.69) is 72.8 Å². The summed E-state index contributed by atoms with van der Waals surface area (Å²) >= 11 is 1.71. The van der Waals surface area contributed by atoms with Crippen molar-refractivity contribution in [1.29, 1.82) is 0 Å². The van der Waals surface area contributed by atoms with Crippen LogP contribution in [0.3, 0.4) is 0 Å². The number of fused-ring (bicyclic) bond motifs is 6. The van der Waals surface area contributed by atoms with Gasteiger partial charge in [0.1, 0.15) is 0 Å². The maximum absolute atomic E-state index is 9.23. The Hall–Kier alpha value is -7.99. The number of nitrogens with zero attached hydrogens (tertiary/aromatic N) is 4. The molecule has 0 aliphatic carbocycles. The minimum absolute atomic E-state index is 0.000103. The standard InChI is InChI=1S/C57H36N4S/c1-3-15-38(16-4-1)55-58-56(39-17-5-2-6-18-39)60-57(59-55)40-31-29-37(30-32-40)41-19-13-20-42(35-41)43-33-34-52(61-50-26-10-7-21-44(50)45-22-8-11-27-51(45)61)49(36-43)48-25-14-24-47-46-23-9-12-28-53(46)62-54(47)48/h1-36H/i7D,8D,21D,22D,26D,27D. The third-order valence-electron chi connectivity index (χ3n) is 11.4. The topological polar surface area (TPSA) is 43.6 Å². The molecule has 12 rings (SSSR count). The molecule has 0 fully saturated rings. The summed E-state index contributed by atoms with van der Waals surface area (Å²) in [7, 11) is 0. The Labute approximate surface area is 371 Å². The van der Waals surface area contributed by atoms with Crippen LogP contribution in [-0.4, -0.2) is 19.5 Å². The summed E-state index contributed by atoms with van der Waals surface area (Å²) < 4.78 is 57.7. The highest BCUT2D eigenvalue weighted by molar-refractivity contribution is 7.26.